The van der Waals surface area contributed by atoms with Gasteiger partial charge in [-0.3, -0.25) is 0 Å². The Morgan fingerprint density at radius 1 is 1.30 bits per heavy atom. The quantitative estimate of drug-likeness (QED) is 0.915. The molecule has 4 nitrogen and oxygen atoms in total. The molecule has 0 bridgehead atoms. The molecule has 0 radical (unpaired) electrons. The molecule has 2 aromatic rings. The summed E-state index contributed by atoms with van der Waals surface area (Å²) in [5, 5.41) is 7.15. The fourth-order valence-corrected chi connectivity index (χ4v) is 2.18. The highest BCUT2D eigenvalue weighted by Gasteiger charge is 2.19. The molecule has 0 spiro atoms. The van der Waals surface area contributed by atoms with Crippen LogP contribution >= 0.6 is 0 Å². The van der Waals surface area contributed by atoms with E-state index < -0.39 is 11.6 Å². The van der Waals surface area contributed by atoms with E-state index in [2.05, 4.69) is 15.4 Å². The van der Waals surface area contributed by atoms with Gasteiger partial charge in [0, 0.05) is 24.1 Å². The zero-order chi connectivity index (χ0) is 14.7. The summed E-state index contributed by atoms with van der Waals surface area (Å²) in [5.74, 6) is -0.142. The molecule has 0 fully saturated rings. The van der Waals surface area contributed by atoms with E-state index in [-0.39, 0.29) is 12.1 Å². The summed E-state index contributed by atoms with van der Waals surface area (Å²) < 4.78 is 28.9. The van der Waals surface area contributed by atoms with Crippen LogP contribution in [-0.2, 0) is 6.42 Å². The van der Waals surface area contributed by atoms with Crippen molar-refractivity contribution in [3.8, 4) is 0 Å². The van der Waals surface area contributed by atoms with Crippen molar-refractivity contribution in [2.75, 3.05) is 7.05 Å². The second kappa shape index (κ2) is 6.09. The minimum absolute atomic E-state index is 0.169. The number of hydrogen-bond donors (Lipinski definition) is 1. The molecule has 0 aliphatic rings. The number of halogens is 2. The van der Waals surface area contributed by atoms with Crippen LogP contribution in [0.3, 0.4) is 0 Å². The number of likely N-dealkylation sites (N-methyl/N-ethyl adjacent to an activating group) is 1. The third kappa shape index (κ3) is 3.01. The predicted octanol–water partition coefficient (Wildman–Crippen LogP) is 2.64. The summed E-state index contributed by atoms with van der Waals surface area (Å²) in [6, 6.07) is 3.28. The fraction of sp³-hybridized carbons (Fsp3) is 0.429. The Morgan fingerprint density at radius 3 is 2.70 bits per heavy atom. The zero-order valence-electron chi connectivity index (χ0n) is 11.8. The highest BCUT2D eigenvalue weighted by atomic mass is 19.1. The van der Waals surface area contributed by atoms with Crippen molar-refractivity contribution in [3.05, 3.63) is 47.5 Å². The van der Waals surface area contributed by atoms with E-state index in [9.17, 15) is 8.78 Å². The lowest BCUT2D eigenvalue weighted by molar-refractivity contribution is 0.466. The van der Waals surface area contributed by atoms with Crippen LogP contribution in [-0.4, -0.2) is 21.8 Å². The largest absolute Gasteiger partial charge is 0.313 e. The average Bonchev–Trinajstić information content (AvgIpc) is 2.87. The highest BCUT2D eigenvalue weighted by molar-refractivity contribution is 5.23. The van der Waals surface area contributed by atoms with Crippen molar-refractivity contribution in [1.29, 1.82) is 0 Å². The van der Waals surface area contributed by atoms with E-state index in [1.165, 1.54) is 12.4 Å². The van der Waals surface area contributed by atoms with E-state index in [0.717, 1.165) is 18.0 Å². The third-order valence-electron chi connectivity index (χ3n) is 3.21. The first-order chi connectivity index (χ1) is 9.52. The Morgan fingerprint density at radius 2 is 2.05 bits per heavy atom. The Bertz CT molecular complexity index is 580. The van der Waals surface area contributed by atoms with Crippen LogP contribution < -0.4 is 5.32 Å². The number of nitrogens with one attached hydrogen (secondary N) is 1. The van der Waals surface area contributed by atoms with Crippen LogP contribution in [0.5, 0.6) is 0 Å². The van der Waals surface area contributed by atoms with Crippen molar-refractivity contribution < 1.29 is 8.78 Å². The molecule has 0 aliphatic carbocycles. The predicted molar refractivity (Wildman–Crippen MR) is 72.3 cm³/mol. The molecule has 0 saturated heterocycles. The molecular formula is C14H18F2N4. The van der Waals surface area contributed by atoms with E-state index in [0.29, 0.717) is 12.0 Å². The standard InChI is InChI=1S/C14H18F2N4/c1-9(2)20-14(18-8-19-20)7-13(17-3)11-6-10(15)4-5-12(11)16/h4-6,8-9,13,17H,7H2,1-3H3. The van der Waals surface area contributed by atoms with Crippen molar-refractivity contribution >= 4 is 0 Å². The molecule has 6 heteroatoms. The Hall–Kier alpha value is -1.82. The first kappa shape index (κ1) is 14.6. The Kier molecular flexibility index (Phi) is 4.44. The van der Waals surface area contributed by atoms with Gasteiger partial charge < -0.3 is 5.32 Å². The minimum atomic E-state index is -0.452. The summed E-state index contributed by atoms with van der Waals surface area (Å²) in [6.45, 7) is 3.99. The smallest absolute Gasteiger partial charge is 0.138 e. The van der Waals surface area contributed by atoms with Crippen LogP contribution in [0.1, 0.15) is 37.3 Å². The van der Waals surface area contributed by atoms with Gasteiger partial charge in [0.1, 0.15) is 23.8 Å². The van der Waals surface area contributed by atoms with Crippen LogP contribution in [0.4, 0.5) is 8.78 Å². The van der Waals surface area contributed by atoms with Crippen molar-refractivity contribution in [2.45, 2.75) is 32.4 Å². The third-order valence-corrected chi connectivity index (χ3v) is 3.21. The molecule has 1 atom stereocenters. The summed E-state index contributed by atoms with van der Waals surface area (Å²) in [4.78, 5) is 4.20. The number of hydrogen-bond acceptors (Lipinski definition) is 3. The molecule has 2 rings (SSSR count). The number of aromatic nitrogens is 3. The van der Waals surface area contributed by atoms with Gasteiger partial charge in [0.15, 0.2) is 0 Å². The lowest BCUT2D eigenvalue weighted by Gasteiger charge is -2.18. The van der Waals surface area contributed by atoms with Gasteiger partial charge in [0.2, 0.25) is 0 Å². The molecule has 0 aliphatic heterocycles. The van der Waals surface area contributed by atoms with Crippen molar-refractivity contribution in [1.82, 2.24) is 20.1 Å². The summed E-state index contributed by atoms with van der Waals surface area (Å²) >= 11 is 0. The van der Waals surface area contributed by atoms with Gasteiger partial charge in [-0.1, -0.05) is 0 Å². The molecule has 1 aromatic carbocycles. The highest BCUT2D eigenvalue weighted by Crippen LogP contribution is 2.22. The number of nitrogens with zero attached hydrogens (tertiary/aromatic N) is 3. The molecule has 1 heterocycles. The van der Waals surface area contributed by atoms with Gasteiger partial charge in [-0.2, -0.15) is 5.10 Å². The summed E-state index contributed by atoms with van der Waals surface area (Å²) in [7, 11) is 1.71. The number of benzene rings is 1. The first-order valence-electron chi connectivity index (χ1n) is 6.53. The maximum atomic E-state index is 13.8. The number of rotatable bonds is 5. The normalized spacial score (nSPS) is 12.9. The molecule has 0 amide bonds. The average molecular weight is 280 g/mol. The van der Waals surface area contributed by atoms with Crippen molar-refractivity contribution in [2.24, 2.45) is 0 Å². The second-order valence-electron chi connectivity index (χ2n) is 4.93. The maximum absolute atomic E-state index is 13.8. The van der Waals surface area contributed by atoms with Gasteiger partial charge in [-0.05, 0) is 39.1 Å². The van der Waals surface area contributed by atoms with Crippen LogP contribution in [0.2, 0.25) is 0 Å². The molecule has 0 saturated carbocycles. The Balaban J connectivity index is 2.29. The molecule has 20 heavy (non-hydrogen) atoms. The molecule has 108 valence electrons. The minimum Gasteiger partial charge on any atom is -0.313 e. The van der Waals surface area contributed by atoms with Crippen LogP contribution in [0.15, 0.2) is 24.5 Å². The van der Waals surface area contributed by atoms with Gasteiger partial charge >= 0.3 is 0 Å². The van der Waals surface area contributed by atoms with Crippen LogP contribution in [0, 0.1) is 11.6 Å². The fourth-order valence-electron chi connectivity index (χ4n) is 2.18. The van der Waals surface area contributed by atoms with Crippen LogP contribution in [0.25, 0.3) is 0 Å². The van der Waals surface area contributed by atoms with Gasteiger partial charge in [0.25, 0.3) is 0 Å². The SMILES string of the molecule is CNC(Cc1ncnn1C(C)C)c1cc(F)ccc1F. The van der Waals surface area contributed by atoms with E-state index in [4.69, 9.17) is 0 Å². The lowest BCUT2D eigenvalue weighted by atomic mass is 10.0. The Labute approximate surface area is 116 Å². The molecular weight excluding hydrogens is 262 g/mol. The second-order valence-corrected chi connectivity index (χ2v) is 4.93. The van der Waals surface area contributed by atoms with Gasteiger partial charge in [0.05, 0.1) is 0 Å². The van der Waals surface area contributed by atoms with E-state index in [1.807, 2.05) is 13.8 Å². The van der Waals surface area contributed by atoms with E-state index >= 15 is 0 Å². The molecule has 1 aromatic heterocycles. The van der Waals surface area contributed by atoms with Gasteiger partial charge in [-0.15, -0.1) is 0 Å². The lowest BCUT2D eigenvalue weighted by Crippen LogP contribution is -2.22. The summed E-state index contributed by atoms with van der Waals surface area (Å²) in [6.07, 6.45) is 1.92. The van der Waals surface area contributed by atoms with E-state index in [1.54, 1.807) is 11.7 Å². The molecule has 1 unspecified atom stereocenters. The topological polar surface area (TPSA) is 42.7 Å². The van der Waals surface area contributed by atoms with Crippen molar-refractivity contribution in [3.63, 3.8) is 0 Å². The molecule has 1 N–H and O–H groups in total. The zero-order valence-corrected chi connectivity index (χ0v) is 11.8. The maximum Gasteiger partial charge on any atom is 0.138 e. The first-order valence-corrected chi connectivity index (χ1v) is 6.53. The van der Waals surface area contributed by atoms with Gasteiger partial charge in [-0.25, -0.2) is 18.4 Å². The monoisotopic (exact) mass is 280 g/mol. The summed E-state index contributed by atoms with van der Waals surface area (Å²) in [5.41, 5.74) is 0.297.